The van der Waals surface area contributed by atoms with E-state index in [4.69, 9.17) is 6.42 Å². The summed E-state index contributed by atoms with van der Waals surface area (Å²) >= 11 is 0. The van der Waals surface area contributed by atoms with E-state index in [-0.39, 0.29) is 6.54 Å². The number of sulfonamides is 1. The lowest BCUT2D eigenvalue weighted by Crippen LogP contribution is -2.29. The van der Waals surface area contributed by atoms with Crippen molar-refractivity contribution in [1.82, 2.24) is 9.62 Å². The molecule has 1 N–H and O–H groups in total. The van der Waals surface area contributed by atoms with E-state index >= 15 is 0 Å². The Morgan fingerprint density at radius 1 is 1.37 bits per heavy atom. The van der Waals surface area contributed by atoms with Crippen LogP contribution in [0.15, 0.2) is 29.2 Å². The molecule has 0 aliphatic rings. The van der Waals surface area contributed by atoms with E-state index in [0.29, 0.717) is 17.5 Å². The third-order valence-electron chi connectivity index (χ3n) is 2.68. The van der Waals surface area contributed by atoms with Gasteiger partial charge in [-0.05, 0) is 11.6 Å². The van der Waals surface area contributed by atoms with E-state index in [0.717, 1.165) is 5.56 Å². The van der Waals surface area contributed by atoms with Crippen LogP contribution >= 0.6 is 0 Å². The van der Waals surface area contributed by atoms with Crippen molar-refractivity contribution < 1.29 is 8.42 Å². The van der Waals surface area contributed by atoms with Crippen molar-refractivity contribution in [3.63, 3.8) is 0 Å². The SMILES string of the molecule is C#CCN(C)S(=O)(=O)c1ccccc1CNC(C)C. The Hall–Kier alpha value is -1.35. The van der Waals surface area contributed by atoms with E-state index in [2.05, 4.69) is 11.2 Å². The molecular formula is C14H20N2O2S. The van der Waals surface area contributed by atoms with Crippen LogP contribution in [0.2, 0.25) is 0 Å². The van der Waals surface area contributed by atoms with Crippen LogP contribution in [0.3, 0.4) is 0 Å². The smallest absolute Gasteiger partial charge is 0.244 e. The van der Waals surface area contributed by atoms with Crippen LogP contribution < -0.4 is 5.32 Å². The van der Waals surface area contributed by atoms with Gasteiger partial charge < -0.3 is 5.32 Å². The second-order valence-electron chi connectivity index (χ2n) is 4.61. The largest absolute Gasteiger partial charge is 0.310 e. The van der Waals surface area contributed by atoms with Crippen molar-refractivity contribution in [1.29, 1.82) is 0 Å². The molecule has 0 heterocycles. The first-order chi connectivity index (χ1) is 8.89. The molecular weight excluding hydrogens is 260 g/mol. The fourth-order valence-electron chi connectivity index (χ4n) is 1.60. The molecule has 4 nitrogen and oxygen atoms in total. The lowest BCUT2D eigenvalue weighted by molar-refractivity contribution is 0.500. The average Bonchev–Trinajstić information content (AvgIpc) is 2.37. The van der Waals surface area contributed by atoms with Gasteiger partial charge in [-0.1, -0.05) is 38.0 Å². The molecule has 0 amide bonds. The van der Waals surface area contributed by atoms with Crippen LogP contribution in [-0.4, -0.2) is 32.4 Å². The molecule has 5 heteroatoms. The predicted molar refractivity (Wildman–Crippen MR) is 77.1 cm³/mol. The van der Waals surface area contributed by atoms with Crippen molar-refractivity contribution in [2.75, 3.05) is 13.6 Å². The number of hydrogen-bond donors (Lipinski definition) is 1. The molecule has 0 aliphatic carbocycles. The molecule has 0 spiro atoms. The highest BCUT2D eigenvalue weighted by atomic mass is 32.2. The minimum Gasteiger partial charge on any atom is -0.310 e. The number of nitrogens with zero attached hydrogens (tertiary/aromatic N) is 1. The van der Waals surface area contributed by atoms with Crippen LogP contribution in [0.4, 0.5) is 0 Å². The maximum atomic E-state index is 12.4. The normalized spacial score (nSPS) is 11.8. The Labute approximate surface area is 115 Å². The van der Waals surface area contributed by atoms with Crippen molar-refractivity contribution in [2.24, 2.45) is 0 Å². The Morgan fingerprint density at radius 2 is 2.00 bits per heavy atom. The van der Waals surface area contributed by atoms with Crippen LogP contribution in [0, 0.1) is 12.3 Å². The molecule has 0 saturated carbocycles. The lowest BCUT2D eigenvalue weighted by Gasteiger charge is -2.18. The summed E-state index contributed by atoms with van der Waals surface area (Å²) in [6.07, 6.45) is 5.17. The van der Waals surface area contributed by atoms with Gasteiger partial charge >= 0.3 is 0 Å². The van der Waals surface area contributed by atoms with Crippen molar-refractivity contribution in [2.45, 2.75) is 31.3 Å². The maximum absolute atomic E-state index is 12.4. The van der Waals surface area contributed by atoms with Crippen LogP contribution in [0.5, 0.6) is 0 Å². The molecule has 19 heavy (non-hydrogen) atoms. The third kappa shape index (κ3) is 4.06. The molecule has 0 unspecified atom stereocenters. The van der Waals surface area contributed by atoms with Gasteiger partial charge in [0.15, 0.2) is 0 Å². The third-order valence-corrected chi connectivity index (χ3v) is 4.58. The van der Waals surface area contributed by atoms with Crippen molar-refractivity contribution in [3.05, 3.63) is 29.8 Å². The molecule has 0 atom stereocenters. The highest BCUT2D eigenvalue weighted by molar-refractivity contribution is 7.89. The van der Waals surface area contributed by atoms with Gasteiger partial charge in [0.05, 0.1) is 11.4 Å². The van der Waals surface area contributed by atoms with Gasteiger partial charge in [-0.2, -0.15) is 4.31 Å². The molecule has 1 aromatic carbocycles. The minimum absolute atomic E-state index is 0.0638. The number of nitrogens with one attached hydrogen (secondary N) is 1. The molecule has 0 aromatic heterocycles. The number of terminal acetylenes is 1. The standard InChI is InChI=1S/C14H20N2O2S/c1-5-10-16(4)19(17,18)14-9-7-6-8-13(14)11-15-12(2)3/h1,6-9,12,15H,10-11H2,2-4H3. The van der Waals surface area contributed by atoms with Crippen LogP contribution in [0.1, 0.15) is 19.4 Å². The predicted octanol–water partition coefficient (Wildman–Crippen LogP) is 1.44. The highest BCUT2D eigenvalue weighted by Gasteiger charge is 2.22. The number of rotatable bonds is 6. The van der Waals surface area contributed by atoms with Gasteiger partial charge in [-0.3, -0.25) is 0 Å². The quantitative estimate of drug-likeness (QED) is 0.802. The Morgan fingerprint density at radius 3 is 2.58 bits per heavy atom. The molecule has 1 aromatic rings. The molecule has 0 saturated heterocycles. The Kier molecular flexibility index (Phi) is 5.55. The van der Waals surface area contributed by atoms with E-state index in [1.807, 2.05) is 26.0 Å². The lowest BCUT2D eigenvalue weighted by atomic mass is 10.2. The van der Waals surface area contributed by atoms with Gasteiger partial charge in [-0.15, -0.1) is 6.42 Å². The fourth-order valence-corrected chi connectivity index (χ4v) is 2.90. The average molecular weight is 280 g/mol. The second-order valence-corrected chi connectivity index (χ2v) is 6.62. The van der Waals surface area contributed by atoms with Gasteiger partial charge in [0.1, 0.15) is 0 Å². The van der Waals surface area contributed by atoms with E-state index in [1.54, 1.807) is 12.1 Å². The van der Waals surface area contributed by atoms with Crippen LogP contribution in [0.25, 0.3) is 0 Å². The van der Waals surface area contributed by atoms with Crippen molar-refractivity contribution in [3.8, 4) is 12.3 Å². The zero-order valence-corrected chi connectivity index (χ0v) is 12.4. The molecule has 0 bridgehead atoms. The Bertz CT molecular complexity index is 559. The fraction of sp³-hybridized carbons (Fsp3) is 0.429. The van der Waals surface area contributed by atoms with Gasteiger partial charge in [0.2, 0.25) is 10.0 Å². The summed E-state index contributed by atoms with van der Waals surface area (Å²) in [6, 6.07) is 7.26. The van der Waals surface area contributed by atoms with E-state index < -0.39 is 10.0 Å². The monoisotopic (exact) mass is 280 g/mol. The van der Waals surface area contributed by atoms with Crippen LogP contribution in [-0.2, 0) is 16.6 Å². The minimum atomic E-state index is -3.53. The van der Waals surface area contributed by atoms with Gasteiger partial charge in [0.25, 0.3) is 0 Å². The first-order valence-electron chi connectivity index (χ1n) is 6.10. The highest BCUT2D eigenvalue weighted by Crippen LogP contribution is 2.19. The summed E-state index contributed by atoms with van der Waals surface area (Å²) in [4.78, 5) is 0.306. The summed E-state index contributed by atoms with van der Waals surface area (Å²) < 4.78 is 26.0. The zero-order chi connectivity index (χ0) is 14.5. The summed E-state index contributed by atoms with van der Waals surface area (Å²) in [7, 11) is -2.04. The zero-order valence-electron chi connectivity index (χ0n) is 11.6. The van der Waals surface area contributed by atoms with E-state index in [1.165, 1.54) is 11.4 Å². The van der Waals surface area contributed by atoms with E-state index in [9.17, 15) is 8.42 Å². The molecule has 104 valence electrons. The van der Waals surface area contributed by atoms with Gasteiger partial charge in [0, 0.05) is 19.6 Å². The first-order valence-corrected chi connectivity index (χ1v) is 7.54. The number of hydrogen-bond acceptors (Lipinski definition) is 3. The Balaban J connectivity index is 3.10. The number of benzene rings is 1. The second kappa shape index (κ2) is 6.71. The molecule has 1 rings (SSSR count). The maximum Gasteiger partial charge on any atom is 0.244 e. The topological polar surface area (TPSA) is 49.4 Å². The summed E-state index contributed by atoms with van der Waals surface area (Å²) in [5.74, 6) is 2.34. The first kappa shape index (κ1) is 15.7. The molecule has 0 fully saturated rings. The van der Waals surface area contributed by atoms with Gasteiger partial charge in [-0.25, -0.2) is 8.42 Å². The van der Waals surface area contributed by atoms with Crippen molar-refractivity contribution >= 4 is 10.0 Å². The molecule has 0 aliphatic heterocycles. The molecule has 0 radical (unpaired) electrons. The summed E-state index contributed by atoms with van der Waals surface area (Å²) in [6.45, 7) is 4.61. The summed E-state index contributed by atoms with van der Waals surface area (Å²) in [5, 5.41) is 3.22. The summed E-state index contributed by atoms with van der Waals surface area (Å²) in [5.41, 5.74) is 0.750.